The van der Waals surface area contributed by atoms with Gasteiger partial charge in [0, 0.05) is 0 Å². The van der Waals surface area contributed by atoms with Gasteiger partial charge in [0.25, 0.3) is 0 Å². The molecule has 3 fully saturated rings. The summed E-state index contributed by atoms with van der Waals surface area (Å²) in [5, 5.41) is 0. The van der Waals surface area contributed by atoms with Crippen molar-refractivity contribution in [2.24, 2.45) is 114 Å². The van der Waals surface area contributed by atoms with Crippen LogP contribution in [0.1, 0.15) is 473 Å². The van der Waals surface area contributed by atoms with E-state index in [1.165, 1.54) is 148 Å². The van der Waals surface area contributed by atoms with E-state index in [2.05, 4.69) is 325 Å². The van der Waals surface area contributed by atoms with Crippen LogP contribution in [0.25, 0.3) is 0 Å². The van der Waals surface area contributed by atoms with E-state index in [1.807, 2.05) is 0 Å². The van der Waals surface area contributed by atoms with E-state index in [0.29, 0.717) is 48.7 Å². The predicted molar refractivity (Wildman–Crippen MR) is 433 cm³/mol. The zero-order chi connectivity index (χ0) is 74.1. The highest BCUT2D eigenvalue weighted by Crippen LogP contribution is 2.40. The quantitative estimate of drug-likeness (QED) is 0.163. The average molecular weight is 1280 g/mol. The molecule has 3 saturated carbocycles. The molecular weight excluding hydrogens is 1080 g/mol. The van der Waals surface area contributed by atoms with Gasteiger partial charge in [0.15, 0.2) is 0 Å². The zero-order valence-corrected chi connectivity index (χ0v) is 74.1. The highest BCUT2D eigenvalue weighted by molar-refractivity contribution is 4.80. The van der Waals surface area contributed by atoms with Crippen molar-refractivity contribution in [1.82, 2.24) is 0 Å². The Morgan fingerprint density at radius 2 is 0.633 bits per heavy atom. The molecule has 3 rings (SSSR count). The fourth-order valence-electron chi connectivity index (χ4n) is 8.37. The molecule has 0 aromatic rings. The normalized spacial score (nSPS) is 15.9. The molecule has 0 heteroatoms. The molecule has 0 aromatic carbocycles. The van der Waals surface area contributed by atoms with Crippen molar-refractivity contribution in [2.45, 2.75) is 473 Å². The molecule has 0 unspecified atom stereocenters. The molecule has 0 saturated heterocycles. The highest BCUT2D eigenvalue weighted by Gasteiger charge is 2.30. The first-order valence-corrected chi connectivity index (χ1v) is 40.2. The maximum Gasteiger partial charge on any atom is -0.0334 e. The Morgan fingerprint density at radius 1 is 0.344 bits per heavy atom. The van der Waals surface area contributed by atoms with E-state index in [9.17, 15) is 0 Å². The Kier molecular flexibility index (Phi) is 68.8. The predicted octanol–water partition coefficient (Wildman–Crippen LogP) is 34.4. The number of rotatable bonds is 14. The molecule has 558 valence electrons. The lowest BCUT2D eigenvalue weighted by Crippen LogP contribution is -2.29. The van der Waals surface area contributed by atoms with Gasteiger partial charge in [0.2, 0.25) is 0 Å². The van der Waals surface area contributed by atoms with E-state index < -0.39 is 0 Å². The second kappa shape index (κ2) is 57.0. The van der Waals surface area contributed by atoms with Crippen LogP contribution in [0.15, 0.2) is 0 Å². The molecular formula is C90H198. The molecule has 0 aliphatic heterocycles. The monoisotopic (exact) mass is 1280 g/mol. The smallest absolute Gasteiger partial charge is 0.0334 e. The molecule has 3 aliphatic rings. The zero-order valence-electron chi connectivity index (χ0n) is 74.1. The third-order valence-corrected chi connectivity index (χ3v) is 24.4. The summed E-state index contributed by atoms with van der Waals surface area (Å²) < 4.78 is 0. The van der Waals surface area contributed by atoms with Crippen molar-refractivity contribution in [2.75, 3.05) is 0 Å². The lowest BCUT2D eigenvalue weighted by atomic mass is 9.68. The first kappa shape index (κ1) is 109. The van der Waals surface area contributed by atoms with Crippen LogP contribution in [0.4, 0.5) is 0 Å². The number of hydrogen-bond acceptors (Lipinski definition) is 0. The number of hydrogen-bond donors (Lipinski definition) is 0. The van der Waals surface area contributed by atoms with Crippen molar-refractivity contribution in [3.05, 3.63) is 0 Å². The highest BCUT2D eigenvalue weighted by atomic mass is 14.4. The summed E-state index contributed by atoms with van der Waals surface area (Å²) >= 11 is 0. The van der Waals surface area contributed by atoms with Crippen molar-refractivity contribution in [3.8, 4) is 0 Å². The fourth-order valence-corrected chi connectivity index (χ4v) is 8.37. The topological polar surface area (TPSA) is 0 Å². The molecule has 0 heterocycles. The third-order valence-electron chi connectivity index (χ3n) is 24.4. The van der Waals surface area contributed by atoms with Crippen LogP contribution in [0.5, 0.6) is 0 Å². The van der Waals surface area contributed by atoms with Gasteiger partial charge in [0.05, 0.1) is 0 Å². The second-order valence-corrected chi connectivity index (χ2v) is 39.5. The molecule has 0 aromatic heterocycles. The molecule has 0 nitrogen and oxygen atoms in total. The molecule has 0 bridgehead atoms. The largest absolute Gasteiger partial charge is 0.0651 e. The fraction of sp³-hybridized carbons (Fsp3) is 1.00. The summed E-state index contributed by atoms with van der Waals surface area (Å²) in [7, 11) is 0. The van der Waals surface area contributed by atoms with Crippen LogP contribution in [0.3, 0.4) is 0 Å². The van der Waals surface area contributed by atoms with E-state index in [1.54, 1.807) is 0 Å². The van der Waals surface area contributed by atoms with Gasteiger partial charge < -0.3 is 0 Å². The minimum absolute atomic E-state index is 0.437. The van der Waals surface area contributed by atoms with Gasteiger partial charge in [-0.05, 0) is 127 Å². The third kappa shape index (κ3) is 75.4. The summed E-state index contributed by atoms with van der Waals surface area (Å²) in [4.78, 5) is 0. The van der Waals surface area contributed by atoms with Crippen LogP contribution in [-0.2, 0) is 0 Å². The Bertz CT molecular complexity index is 1310. The molecule has 0 amide bonds. The van der Waals surface area contributed by atoms with Gasteiger partial charge in [-0.15, -0.1) is 0 Å². The van der Waals surface area contributed by atoms with E-state index in [-0.39, 0.29) is 0 Å². The SMILES string of the molecule is CC(C(C)(C)C)C(C)(C)C.CC(C)(C)C(C)(C)C.CC(C)C(C)(C)C.CC(C)C(C)C(C)C.CC1(C)CCCC1.CC1CCCCC1.CCC(C)(C)C(C)C.CCC(C)(C)CC.CCC(C)(C)CC.CCC(CC)CC.CCC1CCCC1.CC[C@H](C)C(C)C. The van der Waals surface area contributed by atoms with Crippen LogP contribution < -0.4 is 0 Å². The lowest BCUT2D eigenvalue weighted by molar-refractivity contribution is 0.121. The van der Waals surface area contributed by atoms with Gasteiger partial charge in [-0.3, -0.25) is 0 Å². The maximum atomic E-state index is 2.36. The lowest BCUT2D eigenvalue weighted by Gasteiger charge is -2.38. The molecule has 0 N–H and O–H groups in total. The van der Waals surface area contributed by atoms with Crippen molar-refractivity contribution < 1.29 is 0 Å². The Balaban J connectivity index is -0.000000114. The average Bonchev–Trinajstić information content (AvgIpc) is 4.24. The first-order valence-electron chi connectivity index (χ1n) is 40.2. The standard InChI is InChI=1S/C10H22.3C8H18.3C7H14.5C7H16/c1-8(9(2,3)4)10(5,6)7;1-7(2,3)8(4,5)6;1-6-8(4,5)7(2)3;1-6(2)8(5)7(3)4;1-7(2)5-3-4-6-7;1-7-5-3-2-4-6-7;1-2-7-5-3-4-6-7;1-6(2)7(3,4)5;2*1-5-7(3,4)6-2;1-5-7(4)6(2)3;1-4-7(5-2)6-3/h8H,1-7H3;1-6H3;7H,6H2,1-5H3;6-8H,1-5H3;3-6H2,1-2H3;2*7H,2-6H2,1H3;6H,1-5H3;2*5-6H2,1-4H3;6-7H,5H2,1-4H3;7H,4-6H2,1-3H3/t;;;;;;;;;;7-;/m..........0./s1. The van der Waals surface area contributed by atoms with Crippen molar-refractivity contribution in [1.29, 1.82) is 0 Å². The second-order valence-electron chi connectivity index (χ2n) is 39.5. The maximum absolute atomic E-state index is 2.36. The summed E-state index contributed by atoms with van der Waals surface area (Å²) in [5.41, 5.74) is 4.66. The molecule has 90 heavy (non-hydrogen) atoms. The van der Waals surface area contributed by atoms with Gasteiger partial charge in [0.1, 0.15) is 0 Å². The van der Waals surface area contributed by atoms with Crippen molar-refractivity contribution >= 4 is 0 Å². The Labute approximate surface area is 583 Å². The van der Waals surface area contributed by atoms with Gasteiger partial charge in [-0.1, -0.05) is 460 Å². The van der Waals surface area contributed by atoms with E-state index in [0.717, 1.165) is 65.1 Å². The van der Waals surface area contributed by atoms with E-state index in [4.69, 9.17) is 0 Å². The first-order chi connectivity index (χ1) is 40.2. The minimum atomic E-state index is 0.437. The summed E-state index contributed by atoms with van der Waals surface area (Å²) in [6.07, 6.45) is 32.5. The molecule has 3 aliphatic carbocycles. The minimum Gasteiger partial charge on any atom is -0.0651 e. The Hall–Kier alpha value is 0. The van der Waals surface area contributed by atoms with Crippen LogP contribution in [-0.4, -0.2) is 0 Å². The summed E-state index contributed by atoms with van der Waals surface area (Å²) in [5.74, 6) is 9.82. The molecule has 1 atom stereocenters. The summed E-state index contributed by atoms with van der Waals surface area (Å²) in [6, 6.07) is 0. The van der Waals surface area contributed by atoms with Gasteiger partial charge >= 0.3 is 0 Å². The molecule has 0 spiro atoms. The Morgan fingerprint density at radius 3 is 0.689 bits per heavy atom. The molecule has 0 radical (unpaired) electrons. The van der Waals surface area contributed by atoms with Crippen molar-refractivity contribution in [3.63, 3.8) is 0 Å². The summed E-state index contributed by atoms with van der Waals surface area (Å²) in [6.45, 7) is 107. The van der Waals surface area contributed by atoms with Gasteiger partial charge in [-0.25, -0.2) is 0 Å². The van der Waals surface area contributed by atoms with E-state index >= 15 is 0 Å². The van der Waals surface area contributed by atoms with Gasteiger partial charge in [-0.2, -0.15) is 0 Å². The van der Waals surface area contributed by atoms with Crippen LogP contribution >= 0.6 is 0 Å². The van der Waals surface area contributed by atoms with Crippen LogP contribution in [0, 0.1) is 114 Å². The van der Waals surface area contributed by atoms with Crippen LogP contribution in [0.2, 0.25) is 0 Å².